The van der Waals surface area contributed by atoms with Gasteiger partial charge in [0.15, 0.2) is 17.5 Å². The monoisotopic (exact) mass is 294 g/mol. The first-order valence-corrected chi connectivity index (χ1v) is 6.75. The molecule has 0 aliphatic rings. The van der Waals surface area contributed by atoms with Gasteiger partial charge in [-0.25, -0.2) is 0 Å². The van der Waals surface area contributed by atoms with Crippen LogP contribution in [0.15, 0.2) is 23.2 Å². The van der Waals surface area contributed by atoms with Gasteiger partial charge in [-0.2, -0.15) is 0 Å². The van der Waals surface area contributed by atoms with Crippen molar-refractivity contribution in [2.75, 3.05) is 20.2 Å². The lowest BCUT2D eigenvalue weighted by atomic mass is 10.2. The molecule has 0 bridgehead atoms. The third-order valence-electron chi connectivity index (χ3n) is 2.86. The van der Waals surface area contributed by atoms with Crippen LogP contribution < -0.4 is 21.5 Å². The van der Waals surface area contributed by atoms with Crippen LogP contribution in [-0.4, -0.2) is 37.2 Å². The van der Waals surface area contributed by atoms with Crippen LogP contribution in [0.4, 0.5) is 0 Å². The van der Waals surface area contributed by atoms with E-state index < -0.39 is 0 Å². The zero-order valence-corrected chi connectivity index (χ0v) is 12.1. The maximum Gasteiger partial charge on any atom is 0.251 e. The molecule has 1 amide bonds. The molecule has 21 heavy (non-hydrogen) atoms. The quantitative estimate of drug-likeness (QED) is 0.317. The Hall–Kier alpha value is -2.44. The Balaban J connectivity index is 2.29. The molecule has 1 aromatic carbocycles. The second-order valence-electron chi connectivity index (χ2n) is 4.51. The van der Waals surface area contributed by atoms with Gasteiger partial charge in [0.05, 0.1) is 7.11 Å². The van der Waals surface area contributed by atoms with E-state index in [1.54, 1.807) is 6.07 Å². The van der Waals surface area contributed by atoms with E-state index in [1.807, 2.05) is 0 Å². The number of hydrogen-bond acceptors (Lipinski definition) is 4. The van der Waals surface area contributed by atoms with Crippen molar-refractivity contribution in [1.82, 2.24) is 5.32 Å². The maximum absolute atomic E-state index is 11.9. The highest BCUT2D eigenvalue weighted by Gasteiger charge is 2.08. The molecule has 0 saturated heterocycles. The highest BCUT2D eigenvalue weighted by atomic mass is 16.5. The number of nitrogens with zero attached hydrogens (tertiary/aromatic N) is 1. The Morgan fingerprint density at radius 1 is 1.33 bits per heavy atom. The number of hydrogen-bond donors (Lipinski definition) is 4. The Kier molecular flexibility index (Phi) is 6.86. The molecule has 1 rings (SSSR count). The number of aliphatic imine (C=N–C) groups is 1. The van der Waals surface area contributed by atoms with Gasteiger partial charge in [-0.1, -0.05) is 0 Å². The summed E-state index contributed by atoms with van der Waals surface area (Å²) in [5.74, 6) is 0.191. The van der Waals surface area contributed by atoms with E-state index in [-0.39, 0.29) is 23.4 Å². The van der Waals surface area contributed by atoms with Gasteiger partial charge in [-0.3, -0.25) is 9.79 Å². The SMILES string of the molecule is COc1cc(C(=O)NCCCCCN=C(N)N)ccc1O. The van der Waals surface area contributed by atoms with E-state index in [1.165, 1.54) is 19.2 Å². The van der Waals surface area contributed by atoms with E-state index in [9.17, 15) is 9.90 Å². The number of nitrogens with one attached hydrogen (secondary N) is 1. The number of guanidine groups is 1. The lowest BCUT2D eigenvalue weighted by molar-refractivity contribution is 0.0952. The molecule has 0 heterocycles. The third kappa shape index (κ3) is 6.03. The Bertz CT molecular complexity index is 499. The van der Waals surface area contributed by atoms with Crippen molar-refractivity contribution in [3.8, 4) is 11.5 Å². The third-order valence-corrected chi connectivity index (χ3v) is 2.86. The van der Waals surface area contributed by atoms with Gasteiger partial charge < -0.3 is 26.6 Å². The zero-order valence-electron chi connectivity index (χ0n) is 12.1. The molecule has 1 aromatic rings. The number of aromatic hydroxyl groups is 1. The van der Waals surface area contributed by atoms with Crippen molar-refractivity contribution in [1.29, 1.82) is 0 Å². The van der Waals surface area contributed by atoms with Crippen molar-refractivity contribution < 1.29 is 14.6 Å². The number of nitrogens with two attached hydrogens (primary N) is 2. The van der Waals surface area contributed by atoms with Crippen molar-refractivity contribution in [3.05, 3.63) is 23.8 Å². The van der Waals surface area contributed by atoms with E-state index in [0.717, 1.165) is 19.3 Å². The first-order valence-electron chi connectivity index (χ1n) is 6.75. The molecule has 7 nitrogen and oxygen atoms in total. The van der Waals surface area contributed by atoms with E-state index >= 15 is 0 Å². The minimum Gasteiger partial charge on any atom is -0.504 e. The van der Waals surface area contributed by atoms with E-state index in [2.05, 4.69) is 10.3 Å². The molecule has 0 aromatic heterocycles. The number of benzene rings is 1. The molecular formula is C14H22N4O3. The first-order chi connectivity index (χ1) is 10.0. The summed E-state index contributed by atoms with van der Waals surface area (Å²) in [6, 6.07) is 4.48. The number of unbranched alkanes of at least 4 members (excludes halogenated alkanes) is 2. The number of phenolic OH excluding ortho intramolecular Hbond substituents is 1. The fourth-order valence-electron chi connectivity index (χ4n) is 1.74. The number of methoxy groups -OCH3 is 1. The predicted molar refractivity (Wildman–Crippen MR) is 81.5 cm³/mol. The summed E-state index contributed by atoms with van der Waals surface area (Å²) in [6.45, 7) is 1.18. The second kappa shape index (κ2) is 8.68. The minimum atomic E-state index is -0.197. The molecule has 0 atom stereocenters. The first kappa shape index (κ1) is 16.6. The number of rotatable bonds is 8. The second-order valence-corrected chi connectivity index (χ2v) is 4.51. The van der Waals surface area contributed by atoms with Gasteiger partial charge in [-0.15, -0.1) is 0 Å². The van der Waals surface area contributed by atoms with Crippen molar-refractivity contribution in [2.45, 2.75) is 19.3 Å². The Labute approximate surface area is 124 Å². The molecule has 0 radical (unpaired) electrons. The number of carbonyl (C=O) groups excluding carboxylic acids is 1. The van der Waals surface area contributed by atoms with Crippen LogP contribution in [0.2, 0.25) is 0 Å². The summed E-state index contributed by atoms with van der Waals surface area (Å²) < 4.78 is 4.96. The molecule has 0 saturated carbocycles. The summed E-state index contributed by atoms with van der Waals surface area (Å²) in [6.07, 6.45) is 2.65. The molecule has 0 spiro atoms. The fraction of sp³-hybridized carbons (Fsp3) is 0.429. The van der Waals surface area contributed by atoms with E-state index in [0.29, 0.717) is 18.7 Å². The smallest absolute Gasteiger partial charge is 0.251 e. The standard InChI is InChI=1S/C14H22N4O3/c1-21-12-9-10(5-6-11(12)19)13(20)17-7-3-2-4-8-18-14(15)16/h5-6,9,19H,2-4,7-8H2,1H3,(H,17,20)(H4,15,16,18). The number of carbonyl (C=O) groups is 1. The van der Waals surface area contributed by atoms with Gasteiger partial charge >= 0.3 is 0 Å². The molecule has 116 valence electrons. The van der Waals surface area contributed by atoms with Crippen LogP contribution in [0, 0.1) is 0 Å². The zero-order chi connectivity index (χ0) is 15.7. The molecule has 0 aliphatic heterocycles. The maximum atomic E-state index is 11.9. The summed E-state index contributed by atoms with van der Waals surface area (Å²) in [4.78, 5) is 15.8. The summed E-state index contributed by atoms with van der Waals surface area (Å²) in [5, 5.41) is 12.3. The summed E-state index contributed by atoms with van der Waals surface area (Å²) >= 11 is 0. The van der Waals surface area contributed by atoms with Gasteiger partial charge in [-0.05, 0) is 37.5 Å². The van der Waals surface area contributed by atoms with Crippen LogP contribution in [-0.2, 0) is 0 Å². The van der Waals surface area contributed by atoms with Crippen LogP contribution in [0.5, 0.6) is 11.5 Å². The van der Waals surface area contributed by atoms with Gasteiger partial charge in [0.2, 0.25) is 0 Å². The topological polar surface area (TPSA) is 123 Å². The fourth-order valence-corrected chi connectivity index (χ4v) is 1.74. The van der Waals surface area contributed by atoms with Gasteiger partial charge in [0, 0.05) is 18.7 Å². The van der Waals surface area contributed by atoms with Crippen LogP contribution >= 0.6 is 0 Å². The average Bonchev–Trinajstić information content (AvgIpc) is 2.46. The molecule has 0 unspecified atom stereocenters. The predicted octanol–water partition coefficient (Wildman–Crippen LogP) is 0.574. The van der Waals surface area contributed by atoms with Crippen molar-refractivity contribution >= 4 is 11.9 Å². The molecular weight excluding hydrogens is 272 g/mol. The average molecular weight is 294 g/mol. The van der Waals surface area contributed by atoms with Crippen molar-refractivity contribution in [2.24, 2.45) is 16.5 Å². The molecule has 0 aliphatic carbocycles. The lowest BCUT2D eigenvalue weighted by Crippen LogP contribution is -2.24. The highest BCUT2D eigenvalue weighted by Crippen LogP contribution is 2.26. The summed E-state index contributed by atoms with van der Waals surface area (Å²) in [5.41, 5.74) is 10.9. The van der Waals surface area contributed by atoms with Crippen LogP contribution in [0.25, 0.3) is 0 Å². The van der Waals surface area contributed by atoms with Gasteiger partial charge in [0.1, 0.15) is 0 Å². The summed E-state index contributed by atoms with van der Waals surface area (Å²) in [7, 11) is 1.44. The van der Waals surface area contributed by atoms with Gasteiger partial charge in [0.25, 0.3) is 5.91 Å². The van der Waals surface area contributed by atoms with E-state index in [4.69, 9.17) is 16.2 Å². The van der Waals surface area contributed by atoms with Crippen molar-refractivity contribution in [3.63, 3.8) is 0 Å². The van der Waals surface area contributed by atoms with Crippen LogP contribution in [0.1, 0.15) is 29.6 Å². The number of phenols is 1. The minimum absolute atomic E-state index is 0.00813. The normalized spacial score (nSPS) is 9.95. The number of amides is 1. The largest absolute Gasteiger partial charge is 0.504 e. The Morgan fingerprint density at radius 3 is 2.76 bits per heavy atom. The Morgan fingerprint density at radius 2 is 2.10 bits per heavy atom. The molecule has 6 N–H and O–H groups in total. The number of ether oxygens (including phenoxy) is 1. The highest BCUT2D eigenvalue weighted by molar-refractivity contribution is 5.94. The lowest BCUT2D eigenvalue weighted by Gasteiger charge is -2.07. The van der Waals surface area contributed by atoms with Crippen LogP contribution in [0.3, 0.4) is 0 Å². The molecule has 0 fully saturated rings. The molecule has 7 heteroatoms.